The number of hydrogen-bond acceptors (Lipinski definition) is 3. The maximum absolute atomic E-state index is 12.5. The molecule has 0 atom stereocenters. The Morgan fingerprint density at radius 3 is 2.79 bits per heavy atom. The Balaban J connectivity index is 1.88. The highest BCUT2D eigenvalue weighted by Gasteiger charge is 2.27. The zero-order valence-corrected chi connectivity index (χ0v) is 13.0. The predicted molar refractivity (Wildman–Crippen MR) is 83.1 cm³/mol. The van der Waals surface area contributed by atoms with Gasteiger partial charge in [0.25, 0.3) is 0 Å². The number of ketones is 1. The van der Waals surface area contributed by atoms with Crippen LogP contribution in [0.1, 0.15) is 45.4 Å². The van der Waals surface area contributed by atoms with Crippen LogP contribution in [0.5, 0.6) is 0 Å². The zero-order valence-electron chi connectivity index (χ0n) is 12.2. The summed E-state index contributed by atoms with van der Waals surface area (Å²) >= 11 is 1.73. The average Bonchev–Trinajstić information content (AvgIpc) is 2.45. The molecular weight excluding hydrogens is 254 g/mol. The molecule has 2 rings (SSSR count). The van der Waals surface area contributed by atoms with Gasteiger partial charge in [0.15, 0.2) is 5.78 Å². The van der Waals surface area contributed by atoms with Crippen LogP contribution in [-0.2, 0) is 4.79 Å². The van der Waals surface area contributed by atoms with E-state index in [9.17, 15) is 4.79 Å². The number of likely N-dealkylation sites (tertiary alicyclic amines) is 1. The second-order valence-corrected chi connectivity index (χ2v) is 6.79. The van der Waals surface area contributed by atoms with Gasteiger partial charge >= 0.3 is 0 Å². The summed E-state index contributed by atoms with van der Waals surface area (Å²) in [5.74, 6) is 0.667. The van der Waals surface area contributed by atoms with Gasteiger partial charge < -0.3 is 4.90 Å². The van der Waals surface area contributed by atoms with E-state index in [1.807, 2.05) is 0 Å². The van der Waals surface area contributed by atoms with Crippen LogP contribution < -0.4 is 0 Å². The third-order valence-corrected chi connectivity index (χ3v) is 5.22. The van der Waals surface area contributed by atoms with Crippen LogP contribution in [0.3, 0.4) is 0 Å². The minimum atomic E-state index is 0.264. The van der Waals surface area contributed by atoms with Gasteiger partial charge in [-0.25, -0.2) is 0 Å². The Hall–Kier alpha value is -0.540. The fourth-order valence-electron chi connectivity index (χ4n) is 2.65. The first-order chi connectivity index (χ1) is 9.20. The molecule has 0 N–H and O–H groups in total. The third-order valence-electron chi connectivity index (χ3n) is 4.00. The van der Waals surface area contributed by atoms with Crippen molar-refractivity contribution in [2.45, 2.75) is 45.4 Å². The highest BCUT2D eigenvalue weighted by Crippen LogP contribution is 2.36. The predicted octanol–water partition coefficient (Wildman–Crippen LogP) is 3.99. The van der Waals surface area contributed by atoms with Crippen molar-refractivity contribution < 1.29 is 4.79 Å². The molecule has 1 saturated heterocycles. The number of unbranched alkanes of at least 4 members (excludes halogenated alkanes) is 1. The van der Waals surface area contributed by atoms with Crippen LogP contribution >= 0.6 is 11.8 Å². The molecule has 1 fully saturated rings. The standard InChI is InChI=1S/C16H25NOS/c1-3-4-6-14-7-5-8-15(19-14)16(18)13-9-11-17(2)12-10-13/h7-8,13H,3-6,9-12H2,1-2H3. The summed E-state index contributed by atoms with van der Waals surface area (Å²) in [5.41, 5.74) is 0. The molecule has 0 bridgehead atoms. The van der Waals surface area contributed by atoms with Crippen molar-refractivity contribution in [1.29, 1.82) is 0 Å². The van der Waals surface area contributed by atoms with E-state index in [0.717, 1.165) is 43.7 Å². The Morgan fingerprint density at radius 1 is 1.37 bits per heavy atom. The minimum absolute atomic E-state index is 0.264. The van der Waals surface area contributed by atoms with Crippen molar-refractivity contribution in [2.24, 2.45) is 5.92 Å². The van der Waals surface area contributed by atoms with Crippen LogP contribution in [0.2, 0.25) is 0 Å². The summed E-state index contributed by atoms with van der Waals surface area (Å²) in [6.45, 7) is 4.34. The van der Waals surface area contributed by atoms with Gasteiger partial charge in [-0.3, -0.25) is 4.79 Å². The Bertz CT molecular complexity index is 378. The van der Waals surface area contributed by atoms with Crippen molar-refractivity contribution in [3.63, 3.8) is 0 Å². The molecule has 0 spiro atoms. The van der Waals surface area contributed by atoms with Gasteiger partial charge in [0.1, 0.15) is 0 Å². The lowest BCUT2D eigenvalue weighted by Crippen LogP contribution is -2.33. The molecule has 2 heterocycles. The summed E-state index contributed by atoms with van der Waals surface area (Å²) in [7, 11) is 2.14. The highest BCUT2D eigenvalue weighted by atomic mass is 32.2. The molecular formula is C16H25NOS. The Kier molecular flexibility index (Phi) is 5.71. The second kappa shape index (κ2) is 7.30. The van der Waals surface area contributed by atoms with E-state index in [4.69, 9.17) is 0 Å². The normalized spacial score (nSPS) is 22.0. The van der Waals surface area contributed by atoms with Gasteiger partial charge in [-0.1, -0.05) is 37.3 Å². The first kappa shape index (κ1) is 14.9. The molecule has 19 heavy (non-hydrogen) atoms. The van der Waals surface area contributed by atoms with Crippen LogP contribution in [0.4, 0.5) is 0 Å². The van der Waals surface area contributed by atoms with Crippen LogP contribution in [0, 0.1) is 5.92 Å². The molecule has 0 radical (unpaired) electrons. The lowest BCUT2D eigenvalue weighted by atomic mass is 9.92. The summed E-state index contributed by atoms with van der Waals surface area (Å²) in [4.78, 5) is 17.3. The van der Waals surface area contributed by atoms with Crippen LogP contribution in [-0.4, -0.2) is 30.8 Å². The number of hydrogen-bond donors (Lipinski definition) is 0. The molecule has 0 aromatic carbocycles. The van der Waals surface area contributed by atoms with Crippen LogP contribution in [0.25, 0.3) is 0 Å². The van der Waals surface area contributed by atoms with Gasteiger partial charge in [0, 0.05) is 5.92 Å². The number of thioether (sulfide) groups is 1. The number of rotatable bonds is 5. The molecule has 0 unspecified atom stereocenters. The molecule has 0 aromatic rings. The van der Waals surface area contributed by atoms with Crippen molar-refractivity contribution in [3.8, 4) is 0 Å². The summed E-state index contributed by atoms with van der Waals surface area (Å²) < 4.78 is 0. The van der Waals surface area contributed by atoms with E-state index in [1.54, 1.807) is 11.8 Å². The molecule has 2 aliphatic rings. The Labute approximate surface area is 121 Å². The van der Waals surface area contributed by atoms with Gasteiger partial charge in [0.05, 0.1) is 4.91 Å². The summed E-state index contributed by atoms with van der Waals surface area (Å²) in [6, 6.07) is 0. The monoisotopic (exact) mass is 279 g/mol. The molecule has 3 heteroatoms. The minimum Gasteiger partial charge on any atom is -0.306 e. The van der Waals surface area contributed by atoms with Crippen molar-refractivity contribution >= 4 is 17.5 Å². The van der Waals surface area contributed by atoms with Gasteiger partial charge in [-0.2, -0.15) is 0 Å². The Morgan fingerprint density at radius 2 is 2.11 bits per heavy atom. The van der Waals surface area contributed by atoms with E-state index in [0.29, 0.717) is 5.78 Å². The lowest BCUT2D eigenvalue weighted by molar-refractivity contribution is -0.119. The van der Waals surface area contributed by atoms with Gasteiger partial charge in [0.2, 0.25) is 0 Å². The van der Waals surface area contributed by atoms with Crippen molar-refractivity contribution in [1.82, 2.24) is 4.90 Å². The second-order valence-electron chi connectivity index (χ2n) is 5.62. The fraction of sp³-hybridized carbons (Fsp3) is 0.688. The fourth-order valence-corrected chi connectivity index (χ4v) is 3.80. The zero-order chi connectivity index (χ0) is 13.7. The smallest absolute Gasteiger partial charge is 0.172 e. The highest BCUT2D eigenvalue weighted by molar-refractivity contribution is 8.07. The van der Waals surface area contributed by atoms with Gasteiger partial charge in [-0.05, 0) is 57.1 Å². The van der Waals surface area contributed by atoms with E-state index in [-0.39, 0.29) is 5.92 Å². The quantitative estimate of drug-likeness (QED) is 0.759. The summed E-state index contributed by atoms with van der Waals surface area (Å²) in [6.07, 6.45) is 11.0. The van der Waals surface area contributed by atoms with E-state index < -0.39 is 0 Å². The average molecular weight is 279 g/mol. The molecule has 0 aliphatic carbocycles. The van der Waals surface area contributed by atoms with Gasteiger partial charge in [-0.15, -0.1) is 0 Å². The molecule has 2 nitrogen and oxygen atoms in total. The maximum Gasteiger partial charge on any atom is 0.172 e. The summed E-state index contributed by atoms with van der Waals surface area (Å²) in [5, 5.41) is 0. The van der Waals surface area contributed by atoms with E-state index >= 15 is 0 Å². The molecule has 0 saturated carbocycles. The van der Waals surface area contributed by atoms with Crippen molar-refractivity contribution in [3.05, 3.63) is 22.0 Å². The molecule has 2 aliphatic heterocycles. The third kappa shape index (κ3) is 4.22. The van der Waals surface area contributed by atoms with E-state index in [1.165, 1.54) is 17.7 Å². The number of carbonyl (C=O) groups excluding carboxylic acids is 1. The SMILES string of the molecule is CCCCC1=CCC=C(C(=O)C2CCN(C)CC2)S1. The van der Waals surface area contributed by atoms with Crippen LogP contribution in [0.15, 0.2) is 22.0 Å². The van der Waals surface area contributed by atoms with E-state index in [2.05, 4.69) is 31.0 Å². The topological polar surface area (TPSA) is 20.3 Å². The number of piperidine rings is 1. The van der Waals surface area contributed by atoms with Crippen molar-refractivity contribution in [2.75, 3.05) is 20.1 Å². The first-order valence-corrected chi connectivity index (χ1v) is 8.32. The molecule has 106 valence electrons. The number of Topliss-reactive ketones (excluding diaryl/α,β-unsaturated/α-hetero) is 1. The number of carbonyl (C=O) groups is 1. The number of allylic oxidation sites excluding steroid dienone is 4. The molecule has 0 amide bonds. The maximum atomic E-state index is 12.5. The largest absolute Gasteiger partial charge is 0.306 e. The molecule has 0 aromatic heterocycles. The number of nitrogens with zero attached hydrogens (tertiary/aromatic N) is 1. The first-order valence-electron chi connectivity index (χ1n) is 7.50. The lowest BCUT2D eigenvalue weighted by Gasteiger charge is -2.29.